The summed E-state index contributed by atoms with van der Waals surface area (Å²) in [4.78, 5) is 10.1. The summed E-state index contributed by atoms with van der Waals surface area (Å²) >= 11 is 9.07. The van der Waals surface area contributed by atoms with Crippen LogP contribution < -0.4 is 5.32 Å². The van der Waals surface area contributed by atoms with Gasteiger partial charge in [-0.15, -0.1) is 0 Å². The van der Waals surface area contributed by atoms with Crippen molar-refractivity contribution in [3.05, 3.63) is 61.6 Å². The zero-order chi connectivity index (χ0) is 14.7. The highest BCUT2D eigenvalue weighted by atomic mass is 79.9. The molecular weight excluding hydrogens is 348 g/mol. The van der Waals surface area contributed by atoms with Crippen LogP contribution >= 0.6 is 27.5 Å². The molecule has 0 saturated carbocycles. The fraction of sp³-hybridized carbons (Fsp3) is 0.0769. The van der Waals surface area contributed by atoms with Gasteiger partial charge in [0.15, 0.2) is 0 Å². The number of hydrogen-bond acceptors (Lipinski definition) is 4. The zero-order valence-corrected chi connectivity index (χ0v) is 12.5. The molecule has 0 aromatic heterocycles. The van der Waals surface area contributed by atoms with Crippen LogP contribution in [0.5, 0.6) is 5.75 Å². The van der Waals surface area contributed by atoms with Crippen LogP contribution in [0.15, 0.2) is 40.9 Å². The number of halogens is 2. The van der Waals surface area contributed by atoms with E-state index in [1.807, 2.05) is 0 Å². The average molecular weight is 358 g/mol. The van der Waals surface area contributed by atoms with Gasteiger partial charge in [-0.3, -0.25) is 10.1 Å². The van der Waals surface area contributed by atoms with E-state index in [1.54, 1.807) is 24.3 Å². The molecule has 104 valence electrons. The second-order valence-electron chi connectivity index (χ2n) is 4.06. The smallest absolute Gasteiger partial charge is 0.288 e. The predicted molar refractivity (Wildman–Crippen MR) is 81.2 cm³/mol. The number of nitro groups is 1. The fourth-order valence-corrected chi connectivity index (χ4v) is 2.31. The first-order valence-corrected chi connectivity index (χ1v) is 6.79. The molecule has 2 aromatic rings. The molecule has 0 amide bonds. The Labute approximate surface area is 128 Å². The van der Waals surface area contributed by atoms with Crippen molar-refractivity contribution in [2.75, 3.05) is 5.32 Å². The molecule has 2 N–H and O–H groups in total. The Morgan fingerprint density at radius 1 is 1.30 bits per heavy atom. The van der Waals surface area contributed by atoms with E-state index in [2.05, 4.69) is 21.2 Å². The molecule has 2 rings (SSSR count). The molecule has 0 spiro atoms. The Morgan fingerprint density at radius 3 is 2.65 bits per heavy atom. The summed E-state index contributed by atoms with van der Waals surface area (Å²) in [5.41, 5.74) is 1.51. The molecule has 0 aliphatic heterocycles. The van der Waals surface area contributed by atoms with Crippen LogP contribution in [-0.2, 0) is 6.54 Å². The summed E-state index contributed by atoms with van der Waals surface area (Å²) in [7, 11) is 0. The second-order valence-corrected chi connectivity index (χ2v) is 5.32. The van der Waals surface area contributed by atoms with Crippen molar-refractivity contribution >= 4 is 38.9 Å². The van der Waals surface area contributed by atoms with Crippen LogP contribution in [0.1, 0.15) is 5.56 Å². The predicted octanol–water partition coefficient (Wildman–Crippen LogP) is 4.33. The average Bonchev–Trinajstić information content (AvgIpc) is 2.40. The molecule has 0 heterocycles. The zero-order valence-electron chi connectivity index (χ0n) is 10.1. The van der Waals surface area contributed by atoms with Gasteiger partial charge in [0.1, 0.15) is 10.8 Å². The van der Waals surface area contributed by atoms with Crippen molar-refractivity contribution in [2.24, 2.45) is 0 Å². The lowest BCUT2D eigenvalue weighted by atomic mass is 10.2. The molecule has 5 nitrogen and oxygen atoms in total. The number of benzene rings is 2. The fourth-order valence-electron chi connectivity index (χ4n) is 1.63. The van der Waals surface area contributed by atoms with Crippen LogP contribution in [0.4, 0.5) is 11.4 Å². The Kier molecular flexibility index (Phi) is 4.46. The number of phenolic OH excluding ortho intramolecular Hbond substituents is 1. The Bertz CT molecular complexity index is 664. The van der Waals surface area contributed by atoms with Crippen molar-refractivity contribution in [3.63, 3.8) is 0 Å². The number of hydrogen-bond donors (Lipinski definition) is 2. The van der Waals surface area contributed by atoms with Gasteiger partial charge in [-0.25, -0.2) is 0 Å². The highest BCUT2D eigenvalue weighted by Crippen LogP contribution is 2.28. The van der Waals surface area contributed by atoms with E-state index in [-0.39, 0.29) is 16.5 Å². The van der Waals surface area contributed by atoms with Gasteiger partial charge in [0, 0.05) is 18.3 Å². The summed E-state index contributed by atoms with van der Waals surface area (Å²) < 4.78 is 0.610. The lowest BCUT2D eigenvalue weighted by molar-refractivity contribution is -0.384. The lowest BCUT2D eigenvalue weighted by Crippen LogP contribution is -2.00. The topological polar surface area (TPSA) is 75.4 Å². The van der Waals surface area contributed by atoms with E-state index in [1.165, 1.54) is 12.1 Å². The van der Waals surface area contributed by atoms with E-state index >= 15 is 0 Å². The maximum Gasteiger partial charge on any atom is 0.288 e. The Balaban J connectivity index is 2.09. The number of aromatic hydroxyl groups is 1. The minimum Gasteiger partial charge on any atom is -0.507 e. The molecule has 0 unspecified atom stereocenters. The van der Waals surface area contributed by atoms with E-state index < -0.39 is 4.92 Å². The monoisotopic (exact) mass is 356 g/mol. The first-order valence-electron chi connectivity index (χ1n) is 5.62. The van der Waals surface area contributed by atoms with Gasteiger partial charge in [0.25, 0.3) is 5.69 Å². The molecule has 0 fully saturated rings. The van der Waals surface area contributed by atoms with Gasteiger partial charge in [0.2, 0.25) is 0 Å². The van der Waals surface area contributed by atoms with Gasteiger partial charge in [-0.1, -0.05) is 17.7 Å². The van der Waals surface area contributed by atoms with Crippen molar-refractivity contribution in [1.29, 1.82) is 0 Å². The Morgan fingerprint density at radius 2 is 2.05 bits per heavy atom. The molecule has 0 aliphatic carbocycles. The number of rotatable bonds is 4. The van der Waals surface area contributed by atoms with E-state index in [0.717, 1.165) is 5.56 Å². The molecule has 0 aliphatic rings. The van der Waals surface area contributed by atoms with Crippen LogP contribution in [0.25, 0.3) is 0 Å². The van der Waals surface area contributed by atoms with Crippen LogP contribution in [0.2, 0.25) is 5.02 Å². The van der Waals surface area contributed by atoms with Crippen molar-refractivity contribution in [2.45, 2.75) is 6.54 Å². The molecule has 20 heavy (non-hydrogen) atoms. The quantitative estimate of drug-likeness (QED) is 0.631. The maximum absolute atomic E-state index is 10.7. The lowest BCUT2D eigenvalue weighted by Gasteiger charge is -2.08. The third kappa shape index (κ3) is 3.40. The van der Waals surface area contributed by atoms with Gasteiger partial charge >= 0.3 is 0 Å². The number of nitrogens with zero attached hydrogens (tertiary/aromatic N) is 1. The third-order valence-corrected chi connectivity index (χ3v) is 3.59. The molecular formula is C13H10BrClN2O3. The SMILES string of the molecule is O=[N+]([O-])c1ccc(NCc2ccc(O)c(Br)c2)cc1Cl. The number of phenols is 1. The van der Waals surface area contributed by atoms with Gasteiger partial charge < -0.3 is 10.4 Å². The van der Waals surface area contributed by atoms with Crippen LogP contribution in [-0.4, -0.2) is 10.0 Å². The van der Waals surface area contributed by atoms with Crippen LogP contribution in [0, 0.1) is 10.1 Å². The van der Waals surface area contributed by atoms with E-state index in [4.69, 9.17) is 11.6 Å². The minimum absolute atomic E-state index is 0.0897. The standard InChI is InChI=1S/C13H10BrClN2O3/c14-10-5-8(1-4-13(10)18)7-16-9-2-3-12(17(19)20)11(15)6-9/h1-6,16,18H,7H2. The van der Waals surface area contributed by atoms with Crippen molar-refractivity contribution < 1.29 is 10.0 Å². The molecule has 2 aromatic carbocycles. The van der Waals surface area contributed by atoms with Gasteiger partial charge in [-0.05, 0) is 45.8 Å². The van der Waals surface area contributed by atoms with E-state index in [0.29, 0.717) is 16.7 Å². The first-order chi connectivity index (χ1) is 9.47. The highest BCUT2D eigenvalue weighted by molar-refractivity contribution is 9.10. The number of nitro benzene ring substituents is 1. The summed E-state index contributed by atoms with van der Waals surface area (Å²) in [6.45, 7) is 0.507. The molecule has 0 radical (unpaired) electrons. The largest absolute Gasteiger partial charge is 0.507 e. The normalized spacial score (nSPS) is 10.3. The van der Waals surface area contributed by atoms with E-state index in [9.17, 15) is 15.2 Å². The van der Waals surface area contributed by atoms with Gasteiger partial charge in [-0.2, -0.15) is 0 Å². The maximum atomic E-state index is 10.7. The Hall–Kier alpha value is -1.79. The van der Waals surface area contributed by atoms with Crippen molar-refractivity contribution in [1.82, 2.24) is 0 Å². The highest BCUT2D eigenvalue weighted by Gasteiger charge is 2.11. The summed E-state index contributed by atoms with van der Waals surface area (Å²) in [5.74, 6) is 0.173. The third-order valence-electron chi connectivity index (χ3n) is 2.65. The minimum atomic E-state index is -0.525. The molecule has 7 heteroatoms. The summed E-state index contributed by atoms with van der Waals surface area (Å²) in [5, 5.41) is 23.2. The molecule has 0 atom stereocenters. The molecule has 0 bridgehead atoms. The summed E-state index contributed by atoms with van der Waals surface area (Å²) in [6.07, 6.45) is 0. The second kappa shape index (κ2) is 6.11. The number of nitrogens with one attached hydrogen (secondary N) is 1. The number of anilines is 1. The summed E-state index contributed by atoms with van der Waals surface area (Å²) in [6, 6.07) is 9.62. The van der Waals surface area contributed by atoms with Crippen LogP contribution in [0.3, 0.4) is 0 Å². The molecule has 0 saturated heterocycles. The van der Waals surface area contributed by atoms with Crippen molar-refractivity contribution in [3.8, 4) is 5.75 Å². The first kappa shape index (κ1) is 14.6. The van der Waals surface area contributed by atoms with Gasteiger partial charge in [0.05, 0.1) is 9.40 Å².